The van der Waals surface area contributed by atoms with Gasteiger partial charge in [-0.3, -0.25) is 0 Å². The highest BCUT2D eigenvalue weighted by molar-refractivity contribution is 6.38. The second-order valence-electron chi connectivity index (χ2n) is 4.40. The number of nitrogen functional groups attached to an aromatic ring is 1. The molecular weight excluding hydrogens is 389 g/mol. The van der Waals surface area contributed by atoms with Crippen molar-refractivity contribution in [1.82, 2.24) is 4.98 Å². The van der Waals surface area contributed by atoms with Crippen molar-refractivity contribution in [3.8, 4) is 17.1 Å². The SMILES string of the molecule is COC(=O)Oc1nc(-c2ccc(Cl)c(C(F)F)c2Cl)cc(N)c1Cl. The summed E-state index contributed by atoms with van der Waals surface area (Å²) in [6.07, 6.45) is -3.96. The summed E-state index contributed by atoms with van der Waals surface area (Å²) in [5.74, 6) is -0.344. The first-order chi connectivity index (χ1) is 11.3. The Morgan fingerprint density at radius 2 is 1.92 bits per heavy atom. The van der Waals surface area contributed by atoms with Crippen LogP contribution in [0.4, 0.5) is 19.3 Å². The normalized spacial score (nSPS) is 10.8. The zero-order valence-electron chi connectivity index (χ0n) is 11.9. The maximum atomic E-state index is 13.1. The molecule has 0 aliphatic rings. The zero-order valence-corrected chi connectivity index (χ0v) is 14.2. The number of nitrogens with zero attached hydrogens (tertiary/aromatic N) is 1. The van der Waals surface area contributed by atoms with Gasteiger partial charge in [0.2, 0.25) is 5.88 Å². The van der Waals surface area contributed by atoms with Crippen molar-refractivity contribution in [2.75, 3.05) is 12.8 Å². The van der Waals surface area contributed by atoms with Crippen molar-refractivity contribution in [3.05, 3.63) is 38.8 Å². The van der Waals surface area contributed by atoms with Gasteiger partial charge in [-0.2, -0.15) is 0 Å². The molecule has 10 heteroatoms. The van der Waals surface area contributed by atoms with E-state index in [1.807, 2.05) is 0 Å². The average molecular weight is 398 g/mol. The molecular formula is C14H9Cl3F2N2O3. The molecule has 2 aromatic rings. The molecule has 0 amide bonds. The number of pyridine rings is 1. The predicted molar refractivity (Wildman–Crippen MR) is 87.1 cm³/mol. The highest BCUT2D eigenvalue weighted by Crippen LogP contribution is 2.41. The number of halogens is 5. The van der Waals surface area contributed by atoms with Crippen LogP contribution in [0.15, 0.2) is 18.2 Å². The monoisotopic (exact) mass is 396 g/mol. The number of hydrogen-bond acceptors (Lipinski definition) is 5. The van der Waals surface area contributed by atoms with Crippen molar-refractivity contribution in [2.24, 2.45) is 0 Å². The number of nitrogens with two attached hydrogens (primary N) is 1. The van der Waals surface area contributed by atoms with Gasteiger partial charge in [0.05, 0.1) is 34.1 Å². The van der Waals surface area contributed by atoms with E-state index >= 15 is 0 Å². The van der Waals surface area contributed by atoms with Crippen LogP contribution in [0.1, 0.15) is 12.0 Å². The Bertz CT molecular complexity index is 803. The maximum absolute atomic E-state index is 13.1. The molecule has 0 bridgehead atoms. The standard InChI is InChI=1S/C14H9Cl3F2N2O3/c1-23-14(22)24-13-11(17)7(20)4-8(21-13)5-2-3-6(15)9(10(5)16)12(18)19/h2-4,12H,1H3,(H2,20,21). The number of carbonyl (C=O) groups is 1. The second-order valence-corrected chi connectivity index (χ2v) is 5.56. The van der Waals surface area contributed by atoms with Gasteiger partial charge in [-0.05, 0) is 18.2 Å². The number of rotatable bonds is 3. The summed E-state index contributed by atoms with van der Waals surface area (Å²) in [6, 6.07) is 3.93. The van der Waals surface area contributed by atoms with Crippen molar-refractivity contribution in [3.63, 3.8) is 0 Å². The number of ether oxygens (including phenoxy) is 2. The molecule has 0 unspecified atom stereocenters. The smallest absolute Gasteiger partial charge is 0.437 e. The van der Waals surface area contributed by atoms with Gasteiger partial charge in [-0.15, -0.1) is 0 Å². The number of alkyl halides is 2. The maximum Gasteiger partial charge on any atom is 0.514 e. The van der Waals surface area contributed by atoms with Crippen LogP contribution in [-0.4, -0.2) is 18.2 Å². The number of methoxy groups -OCH3 is 1. The third-order valence-corrected chi connectivity index (χ3v) is 4.04. The average Bonchev–Trinajstić information content (AvgIpc) is 2.51. The van der Waals surface area contributed by atoms with E-state index in [0.29, 0.717) is 0 Å². The number of anilines is 1. The fourth-order valence-corrected chi connectivity index (χ4v) is 2.59. The molecule has 0 saturated carbocycles. The van der Waals surface area contributed by atoms with Crippen LogP contribution >= 0.6 is 34.8 Å². The van der Waals surface area contributed by atoms with Crippen molar-refractivity contribution >= 4 is 46.6 Å². The van der Waals surface area contributed by atoms with Gasteiger partial charge in [-0.25, -0.2) is 18.6 Å². The summed E-state index contributed by atoms with van der Waals surface area (Å²) < 4.78 is 35.3. The van der Waals surface area contributed by atoms with Crippen LogP contribution in [-0.2, 0) is 4.74 Å². The summed E-state index contributed by atoms with van der Waals surface area (Å²) in [5.41, 5.74) is 5.39. The Labute approximate surface area is 150 Å². The Balaban J connectivity index is 2.61. The van der Waals surface area contributed by atoms with Gasteiger partial charge in [0.15, 0.2) is 0 Å². The molecule has 0 aliphatic heterocycles. The van der Waals surface area contributed by atoms with E-state index in [9.17, 15) is 13.6 Å². The number of aromatic nitrogens is 1. The first-order valence-electron chi connectivity index (χ1n) is 6.24. The first-order valence-corrected chi connectivity index (χ1v) is 7.37. The van der Waals surface area contributed by atoms with E-state index < -0.39 is 18.1 Å². The molecule has 0 aliphatic carbocycles. The Hall–Kier alpha value is -1.83. The molecule has 0 saturated heterocycles. The molecule has 0 spiro atoms. The molecule has 2 N–H and O–H groups in total. The number of benzene rings is 1. The van der Waals surface area contributed by atoms with E-state index in [0.717, 1.165) is 7.11 Å². The van der Waals surface area contributed by atoms with Gasteiger partial charge in [0, 0.05) is 5.56 Å². The molecule has 1 aromatic carbocycles. The second kappa shape index (κ2) is 7.38. The number of hydrogen-bond donors (Lipinski definition) is 1. The molecule has 24 heavy (non-hydrogen) atoms. The quantitative estimate of drug-likeness (QED) is 0.704. The molecule has 128 valence electrons. The zero-order chi connectivity index (χ0) is 18.0. The minimum atomic E-state index is -2.89. The molecule has 0 radical (unpaired) electrons. The summed E-state index contributed by atoms with van der Waals surface area (Å²) in [6.45, 7) is 0. The predicted octanol–water partition coefficient (Wildman–Crippen LogP) is 5.37. The Morgan fingerprint density at radius 1 is 1.25 bits per heavy atom. The molecule has 0 atom stereocenters. The van der Waals surface area contributed by atoms with Crippen molar-refractivity contribution < 1.29 is 23.0 Å². The molecule has 2 rings (SSSR count). The van der Waals surface area contributed by atoms with E-state index in [4.69, 9.17) is 45.3 Å². The highest BCUT2D eigenvalue weighted by atomic mass is 35.5. The topological polar surface area (TPSA) is 74.4 Å². The lowest BCUT2D eigenvalue weighted by molar-refractivity contribution is 0.120. The van der Waals surface area contributed by atoms with Crippen LogP contribution in [0.3, 0.4) is 0 Å². The Morgan fingerprint density at radius 3 is 2.50 bits per heavy atom. The Kier molecular flexibility index (Phi) is 5.69. The van der Waals surface area contributed by atoms with Crippen LogP contribution in [0.25, 0.3) is 11.3 Å². The third-order valence-electron chi connectivity index (χ3n) is 2.92. The van der Waals surface area contributed by atoms with Crippen LogP contribution < -0.4 is 10.5 Å². The van der Waals surface area contributed by atoms with Crippen LogP contribution in [0, 0.1) is 0 Å². The molecule has 1 aromatic heterocycles. The number of carbonyl (C=O) groups excluding carboxylic acids is 1. The minimum Gasteiger partial charge on any atom is -0.437 e. The highest BCUT2D eigenvalue weighted by Gasteiger charge is 2.22. The van der Waals surface area contributed by atoms with Gasteiger partial charge in [0.1, 0.15) is 5.02 Å². The van der Waals surface area contributed by atoms with E-state index in [-0.39, 0.29) is 37.9 Å². The van der Waals surface area contributed by atoms with Gasteiger partial charge >= 0.3 is 6.16 Å². The van der Waals surface area contributed by atoms with Crippen molar-refractivity contribution in [1.29, 1.82) is 0 Å². The van der Waals surface area contributed by atoms with Gasteiger partial charge < -0.3 is 15.2 Å². The van der Waals surface area contributed by atoms with E-state index in [1.54, 1.807) is 0 Å². The molecule has 5 nitrogen and oxygen atoms in total. The third kappa shape index (κ3) is 3.63. The summed E-state index contributed by atoms with van der Waals surface area (Å²) in [5, 5.41) is -0.620. The van der Waals surface area contributed by atoms with Crippen molar-refractivity contribution in [2.45, 2.75) is 6.43 Å². The summed E-state index contributed by atoms with van der Waals surface area (Å²) >= 11 is 17.7. The molecule has 1 heterocycles. The fraction of sp³-hybridized carbons (Fsp3) is 0.143. The lowest BCUT2D eigenvalue weighted by Gasteiger charge is -2.13. The summed E-state index contributed by atoms with van der Waals surface area (Å²) in [4.78, 5) is 15.2. The summed E-state index contributed by atoms with van der Waals surface area (Å²) in [7, 11) is 1.09. The van der Waals surface area contributed by atoms with E-state index in [2.05, 4.69) is 9.72 Å². The van der Waals surface area contributed by atoms with Gasteiger partial charge in [0.25, 0.3) is 6.43 Å². The largest absolute Gasteiger partial charge is 0.514 e. The minimum absolute atomic E-state index is 0.00480. The van der Waals surface area contributed by atoms with Crippen LogP contribution in [0.5, 0.6) is 5.88 Å². The lowest BCUT2D eigenvalue weighted by atomic mass is 10.1. The lowest BCUT2D eigenvalue weighted by Crippen LogP contribution is -2.10. The first kappa shape index (κ1) is 18.5. The van der Waals surface area contributed by atoms with E-state index in [1.165, 1.54) is 18.2 Å². The fourth-order valence-electron chi connectivity index (χ4n) is 1.82. The van der Waals surface area contributed by atoms with Gasteiger partial charge in [-0.1, -0.05) is 34.8 Å². The van der Waals surface area contributed by atoms with Crippen LogP contribution in [0.2, 0.25) is 15.1 Å². The molecule has 0 fully saturated rings.